The Balaban J connectivity index is 2.35. The number of amides is 1. The lowest BCUT2D eigenvalue weighted by Crippen LogP contribution is -2.38. The van der Waals surface area contributed by atoms with Crippen molar-refractivity contribution in [1.82, 2.24) is 0 Å². The number of anilines is 1. The minimum Gasteiger partial charge on any atom is -0.497 e. The Morgan fingerprint density at radius 2 is 2.00 bits per heavy atom. The predicted octanol–water partition coefficient (Wildman–Crippen LogP) is 2.17. The third kappa shape index (κ3) is 3.50. The van der Waals surface area contributed by atoms with Crippen molar-refractivity contribution in [2.45, 2.75) is 19.8 Å². The number of hydrogen-bond acceptors (Lipinski definition) is 4. The van der Waals surface area contributed by atoms with Gasteiger partial charge in [-0.2, -0.15) is 0 Å². The Kier molecular flexibility index (Phi) is 4.90. The van der Waals surface area contributed by atoms with E-state index in [1.54, 1.807) is 32.2 Å². The number of benzene rings is 1. The SMILES string of the molecule is COc1ccc(N(CC(C)C(=O)O)C(=O)C2CC2)c(OC)c1. The Morgan fingerprint density at radius 1 is 1.32 bits per heavy atom. The van der Waals surface area contributed by atoms with E-state index in [0.29, 0.717) is 17.2 Å². The molecule has 1 aromatic carbocycles. The molecule has 2 rings (SSSR count). The van der Waals surface area contributed by atoms with Crippen molar-refractivity contribution in [2.75, 3.05) is 25.7 Å². The minimum atomic E-state index is -0.930. The Labute approximate surface area is 129 Å². The van der Waals surface area contributed by atoms with Crippen molar-refractivity contribution in [3.63, 3.8) is 0 Å². The van der Waals surface area contributed by atoms with E-state index in [4.69, 9.17) is 14.6 Å². The first-order valence-electron chi connectivity index (χ1n) is 7.24. The van der Waals surface area contributed by atoms with E-state index >= 15 is 0 Å². The summed E-state index contributed by atoms with van der Waals surface area (Å²) in [5.41, 5.74) is 0.577. The van der Waals surface area contributed by atoms with Gasteiger partial charge in [0.05, 0.1) is 25.8 Å². The van der Waals surface area contributed by atoms with Gasteiger partial charge in [-0.25, -0.2) is 0 Å². The highest BCUT2D eigenvalue weighted by Gasteiger charge is 2.36. The summed E-state index contributed by atoms with van der Waals surface area (Å²) in [5, 5.41) is 9.13. The smallest absolute Gasteiger partial charge is 0.308 e. The van der Waals surface area contributed by atoms with Gasteiger partial charge in [-0.15, -0.1) is 0 Å². The standard InChI is InChI=1S/C16H21NO5/c1-10(16(19)20)9-17(15(18)11-4-5-11)13-7-6-12(21-2)8-14(13)22-3/h6-8,10-11H,4-5,9H2,1-3H3,(H,19,20). The van der Waals surface area contributed by atoms with E-state index in [1.807, 2.05) is 0 Å². The maximum Gasteiger partial charge on any atom is 0.308 e. The first kappa shape index (κ1) is 16.1. The van der Waals surface area contributed by atoms with E-state index in [9.17, 15) is 9.59 Å². The number of rotatable bonds is 7. The molecule has 0 saturated heterocycles. The molecule has 0 aromatic heterocycles. The third-order valence-corrected chi connectivity index (χ3v) is 3.75. The summed E-state index contributed by atoms with van der Waals surface area (Å²) in [4.78, 5) is 25.2. The summed E-state index contributed by atoms with van der Waals surface area (Å²) in [6, 6.07) is 5.15. The molecular formula is C16H21NO5. The summed E-state index contributed by atoms with van der Waals surface area (Å²) < 4.78 is 10.5. The molecule has 6 nitrogen and oxygen atoms in total. The number of carboxylic acid groups (broad SMARTS) is 1. The number of carbonyl (C=O) groups is 2. The molecule has 0 heterocycles. The molecule has 1 atom stereocenters. The van der Waals surface area contributed by atoms with Gasteiger partial charge in [-0.3, -0.25) is 9.59 Å². The van der Waals surface area contributed by atoms with Gasteiger partial charge in [0.2, 0.25) is 5.91 Å². The molecule has 1 amide bonds. The Bertz CT molecular complexity index is 568. The molecular weight excluding hydrogens is 286 g/mol. The van der Waals surface area contributed by atoms with E-state index in [0.717, 1.165) is 12.8 Å². The molecule has 0 aliphatic heterocycles. The van der Waals surface area contributed by atoms with Crippen LogP contribution in [-0.2, 0) is 9.59 Å². The second kappa shape index (κ2) is 6.68. The monoisotopic (exact) mass is 307 g/mol. The lowest BCUT2D eigenvalue weighted by Gasteiger charge is -2.26. The van der Waals surface area contributed by atoms with Gasteiger partial charge in [0.1, 0.15) is 11.5 Å². The molecule has 0 bridgehead atoms. The fourth-order valence-corrected chi connectivity index (χ4v) is 2.22. The van der Waals surface area contributed by atoms with Crippen LogP contribution in [0.3, 0.4) is 0 Å². The lowest BCUT2D eigenvalue weighted by atomic mass is 10.1. The molecule has 1 saturated carbocycles. The van der Waals surface area contributed by atoms with Crippen LogP contribution < -0.4 is 14.4 Å². The predicted molar refractivity (Wildman–Crippen MR) is 81.4 cm³/mol. The maximum atomic E-state index is 12.5. The van der Waals surface area contributed by atoms with Crippen LogP contribution in [0, 0.1) is 11.8 Å². The lowest BCUT2D eigenvalue weighted by molar-refractivity contribution is -0.140. The van der Waals surface area contributed by atoms with Gasteiger partial charge in [0.15, 0.2) is 0 Å². The number of aliphatic carboxylic acids is 1. The van der Waals surface area contributed by atoms with Crippen LogP contribution >= 0.6 is 0 Å². The van der Waals surface area contributed by atoms with E-state index in [2.05, 4.69) is 0 Å². The van der Waals surface area contributed by atoms with Crippen LogP contribution in [0.25, 0.3) is 0 Å². The zero-order chi connectivity index (χ0) is 16.3. The first-order chi connectivity index (χ1) is 10.5. The molecule has 1 N–H and O–H groups in total. The topological polar surface area (TPSA) is 76.1 Å². The fraction of sp³-hybridized carbons (Fsp3) is 0.500. The first-order valence-corrected chi connectivity index (χ1v) is 7.24. The van der Waals surface area contributed by atoms with Gasteiger partial charge in [-0.1, -0.05) is 6.92 Å². The van der Waals surface area contributed by atoms with Crippen LogP contribution in [0.5, 0.6) is 11.5 Å². The van der Waals surface area contributed by atoms with Crippen molar-refractivity contribution < 1.29 is 24.2 Å². The molecule has 1 aliphatic rings. The average Bonchev–Trinajstić information content (AvgIpc) is 3.35. The van der Waals surface area contributed by atoms with Crippen LogP contribution in [-0.4, -0.2) is 37.7 Å². The third-order valence-electron chi connectivity index (χ3n) is 3.75. The Hall–Kier alpha value is -2.24. The van der Waals surface area contributed by atoms with Gasteiger partial charge in [0.25, 0.3) is 0 Å². The molecule has 1 aromatic rings. The highest BCUT2D eigenvalue weighted by molar-refractivity contribution is 5.98. The molecule has 0 radical (unpaired) electrons. The van der Waals surface area contributed by atoms with Gasteiger partial charge < -0.3 is 19.5 Å². The second-order valence-corrected chi connectivity index (χ2v) is 5.50. The largest absolute Gasteiger partial charge is 0.497 e. The number of methoxy groups -OCH3 is 2. The molecule has 1 aliphatic carbocycles. The van der Waals surface area contributed by atoms with Crippen LogP contribution in [0.2, 0.25) is 0 Å². The molecule has 0 spiro atoms. The highest BCUT2D eigenvalue weighted by Crippen LogP contribution is 2.37. The molecule has 6 heteroatoms. The van der Waals surface area contributed by atoms with Crippen molar-refractivity contribution in [1.29, 1.82) is 0 Å². The normalized spacial score (nSPS) is 15.0. The van der Waals surface area contributed by atoms with Crippen molar-refractivity contribution in [3.8, 4) is 11.5 Å². The average molecular weight is 307 g/mol. The van der Waals surface area contributed by atoms with Crippen molar-refractivity contribution in [2.24, 2.45) is 11.8 Å². The number of hydrogen-bond donors (Lipinski definition) is 1. The summed E-state index contributed by atoms with van der Waals surface area (Å²) in [7, 11) is 3.06. The van der Waals surface area contributed by atoms with Crippen molar-refractivity contribution in [3.05, 3.63) is 18.2 Å². The fourth-order valence-electron chi connectivity index (χ4n) is 2.22. The second-order valence-electron chi connectivity index (χ2n) is 5.50. The van der Waals surface area contributed by atoms with E-state index < -0.39 is 11.9 Å². The van der Waals surface area contributed by atoms with Crippen LogP contribution in [0.4, 0.5) is 5.69 Å². The molecule has 22 heavy (non-hydrogen) atoms. The number of nitrogens with zero attached hydrogens (tertiary/aromatic N) is 1. The van der Waals surface area contributed by atoms with Crippen molar-refractivity contribution >= 4 is 17.6 Å². The molecule has 1 fully saturated rings. The van der Waals surface area contributed by atoms with Gasteiger partial charge >= 0.3 is 5.97 Å². The number of carboxylic acids is 1. The zero-order valence-corrected chi connectivity index (χ0v) is 13.0. The minimum absolute atomic E-state index is 0.00666. The molecule has 120 valence electrons. The van der Waals surface area contributed by atoms with Gasteiger partial charge in [-0.05, 0) is 25.0 Å². The molecule has 1 unspecified atom stereocenters. The summed E-state index contributed by atoms with van der Waals surface area (Å²) >= 11 is 0. The van der Waals surface area contributed by atoms with Gasteiger partial charge in [0, 0.05) is 18.5 Å². The van der Waals surface area contributed by atoms with E-state index in [-0.39, 0.29) is 18.4 Å². The highest BCUT2D eigenvalue weighted by atomic mass is 16.5. The summed E-state index contributed by atoms with van der Waals surface area (Å²) in [6.07, 6.45) is 1.71. The van der Waals surface area contributed by atoms with Crippen LogP contribution in [0.15, 0.2) is 18.2 Å². The Morgan fingerprint density at radius 3 is 2.50 bits per heavy atom. The maximum absolute atomic E-state index is 12.5. The van der Waals surface area contributed by atoms with Crippen LogP contribution in [0.1, 0.15) is 19.8 Å². The number of ether oxygens (including phenoxy) is 2. The zero-order valence-electron chi connectivity index (χ0n) is 13.0. The summed E-state index contributed by atoms with van der Waals surface area (Å²) in [6.45, 7) is 1.71. The number of carbonyl (C=O) groups excluding carboxylic acids is 1. The van der Waals surface area contributed by atoms with E-state index in [1.165, 1.54) is 12.0 Å². The summed E-state index contributed by atoms with van der Waals surface area (Å²) in [5.74, 6) is -0.531. The quantitative estimate of drug-likeness (QED) is 0.835.